The molecule has 68 valence electrons. The first-order chi connectivity index (χ1) is 5.85. The van der Waals surface area contributed by atoms with Gasteiger partial charge in [-0.2, -0.15) is 0 Å². The Kier molecular flexibility index (Phi) is 8.00. The first kappa shape index (κ1) is 11.4. The SMILES string of the molecule is C=CCO[SiH](CC=C)OCC=C. The maximum atomic E-state index is 5.41. The Morgan fingerprint density at radius 1 is 0.917 bits per heavy atom. The molecule has 0 rings (SSSR count). The molecule has 0 fully saturated rings. The summed E-state index contributed by atoms with van der Waals surface area (Å²) >= 11 is 0. The van der Waals surface area contributed by atoms with Crippen LogP contribution in [0.1, 0.15) is 0 Å². The van der Waals surface area contributed by atoms with Crippen LogP contribution in [0.5, 0.6) is 0 Å². The average molecular weight is 184 g/mol. The average Bonchev–Trinajstić information content (AvgIpc) is 2.10. The second-order valence-corrected chi connectivity index (χ2v) is 4.20. The summed E-state index contributed by atoms with van der Waals surface area (Å²) in [5.74, 6) is 0. The fraction of sp³-hybridized carbons (Fsp3) is 0.333. The monoisotopic (exact) mass is 184 g/mol. The minimum Gasteiger partial charge on any atom is -0.392 e. The van der Waals surface area contributed by atoms with Crippen molar-refractivity contribution >= 4 is 9.28 Å². The molecule has 0 aliphatic carbocycles. The topological polar surface area (TPSA) is 18.5 Å². The molecule has 0 spiro atoms. The van der Waals surface area contributed by atoms with Crippen LogP contribution in [-0.2, 0) is 8.85 Å². The molecule has 0 aromatic carbocycles. The van der Waals surface area contributed by atoms with E-state index in [-0.39, 0.29) is 0 Å². The van der Waals surface area contributed by atoms with Crippen molar-refractivity contribution in [1.82, 2.24) is 0 Å². The summed E-state index contributed by atoms with van der Waals surface area (Å²) in [4.78, 5) is 0. The third kappa shape index (κ3) is 6.09. The molecular weight excluding hydrogens is 168 g/mol. The Morgan fingerprint density at radius 2 is 1.42 bits per heavy atom. The Balaban J connectivity index is 3.59. The van der Waals surface area contributed by atoms with Gasteiger partial charge in [-0.15, -0.1) is 19.7 Å². The van der Waals surface area contributed by atoms with Gasteiger partial charge in [-0.1, -0.05) is 18.2 Å². The van der Waals surface area contributed by atoms with Crippen molar-refractivity contribution in [2.45, 2.75) is 6.04 Å². The van der Waals surface area contributed by atoms with Crippen LogP contribution in [0, 0.1) is 0 Å². The first-order valence-corrected chi connectivity index (χ1v) is 5.67. The molecule has 0 bridgehead atoms. The summed E-state index contributed by atoms with van der Waals surface area (Å²) in [5, 5.41) is 0. The van der Waals surface area contributed by atoms with Crippen LogP contribution in [-0.4, -0.2) is 22.5 Å². The number of rotatable bonds is 8. The molecule has 0 saturated carbocycles. The van der Waals surface area contributed by atoms with Crippen molar-refractivity contribution in [2.24, 2.45) is 0 Å². The van der Waals surface area contributed by atoms with Gasteiger partial charge in [0, 0.05) is 6.04 Å². The third-order valence-corrected chi connectivity index (χ3v) is 3.01. The summed E-state index contributed by atoms with van der Waals surface area (Å²) in [6, 6.07) is 0.821. The van der Waals surface area contributed by atoms with E-state index >= 15 is 0 Å². The molecule has 0 atom stereocenters. The molecule has 3 heteroatoms. The molecule has 0 saturated heterocycles. The van der Waals surface area contributed by atoms with E-state index in [0.29, 0.717) is 13.2 Å². The zero-order valence-corrected chi connectivity index (χ0v) is 8.52. The van der Waals surface area contributed by atoms with Gasteiger partial charge < -0.3 is 8.85 Å². The molecule has 0 amide bonds. The molecule has 0 N–H and O–H groups in total. The lowest BCUT2D eigenvalue weighted by Gasteiger charge is -2.12. The predicted molar refractivity (Wildman–Crippen MR) is 54.5 cm³/mol. The lowest BCUT2D eigenvalue weighted by atomic mass is 10.7. The number of hydrogen-bond donors (Lipinski definition) is 0. The van der Waals surface area contributed by atoms with Gasteiger partial charge in [0.05, 0.1) is 13.2 Å². The van der Waals surface area contributed by atoms with E-state index in [1.807, 2.05) is 6.08 Å². The fourth-order valence-corrected chi connectivity index (χ4v) is 2.01. The van der Waals surface area contributed by atoms with Crippen LogP contribution in [0.15, 0.2) is 38.0 Å². The van der Waals surface area contributed by atoms with Gasteiger partial charge in [-0.25, -0.2) is 0 Å². The largest absolute Gasteiger partial charge is 0.392 e. The van der Waals surface area contributed by atoms with E-state index < -0.39 is 9.28 Å². The van der Waals surface area contributed by atoms with Crippen molar-refractivity contribution in [3.63, 3.8) is 0 Å². The van der Waals surface area contributed by atoms with Crippen LogP contribution in [0.2, 0.25) is 6.04 Å². The number of hydrogen-bond acceptors (Lipinski definition) is 2. The van der Waals surface area contributed by atoms with Crippen molar-refractivity contribution in [3.8, 4) is 0 Å². The molecule has 0 radical (unpaired) electrons. The Hall–Kier alpha value is -0.643. The normalized spacial score (nSPS) is 9.75. The van der Waals surface area contributed by atoms with Crippen molar-refractivity contribution in [3.05, 3.63) is 38.0 Å². The second kappa shape index (κ2) is 8.45. The van der Waals surface area contributed by atoms with Crippen LogP contribution in [0.25, 0.3) is 0 Å². The second-order valence-electron chi connectivity index (χ2n) is 2.20. The highest BCUT2D eigenvalue weighted by atomic mass is 28.3. The molecule has 0 aromatic rings. The maximum Gasteiger partial charge on any atom is 0.325 e. The van der Waals surface area contributed by atoms with Crippen molar-refractivity contribution in [2.75, 3.05) is 13.2 Å². The van der Waals surface area contributed by atoms with E-state index in [4.69, 9.17) is 8.85 Å². The van der Waals surface area contributed by atoms with Crippen molar-refractivity contribution in [1.29, 1.82) is 0 Å². The van der Waals surface area contributed by atoms with Gasteiger partial charge in [-0.3, -0.25) is 0 Å². The summed E-state index contributed by atoms with van der Waals surface area (Å²) in [6.07, 6.45) is 5.27. The predicted octanol–water partition coefficient (Wildman–Crippen LogP) is 1.80. The first-order valence-electron chi connectivity index (χ1n) is 3.91. The highest BCUT2D eigenvalue weighted by Crippen LogP contribution is 1.98. The number of allylic oxidation sites excluding steroid dienone is 1. The van der Waals surface area contributed by atoms with Crippen LogP contribution >= 0.6 is 0 Å². The van der Waals surface area contributed by atoms with Crippen molar-refractivity contribution < 1.29 is 8.85 Å². The molecule has 0 aromatic heterocycles. The van der Waals surface area contributed by atoms with E-state index in [1.165, 1.54) is 0 Å². The van der Waals surface area contributed by atoms with Gasteiger partial charge >= 0.3 is 9.28 Å². The third-order valence-electron chi connectivity index (χ3n) is 1.16. The Morgan fingerprint density at radius 3 is 1.75 bits per heavy atom. The maximum absolute atomic E-state index is 5.41. The van der Waals surface area contributed by atoms with Crippen LogP contribution in [0.4, 0.5) is 0 Å². The molecule has 0 heterocycles. The summed E-state index contributed by atoms with van der Waals surface area (Å²) in [6.45, 7) is 11.9. The minimum atomic E-state index is -1.53. The Bertz CT molecular complexity index is 133. The molecular formula is C9H16O2Si. The summed E-state index contributed by atoms with van der Waals surface area (Å²) < 4.78 is 10.8. The molecule has 0 unspecified atom stereocenters. The smallest absolute Gasteiger partial charge is 0.325 e. The molecule has 12 heavy (non-hydrogen) atoms. The lowest BCUT2D eigenvalue weighted by molar-refractivity contribution is 0.235. The molecule has 0 aliphatic heterocycles. The van der Waals surface area contributed by atoms with Gasteiger partial charge in [-0.05, 0) is 0 Å². The standard InChI is InChI=1S/C9H16O2Si/c1-4-7-10-12(9-6-3)11-8-5-2/h4-6,12H,1-3,7-9H2. The fourth-order valence-electron chi connectivity index (χ4n) is 0.671. The van der Waals surface area contributed by atoms with Crippen LogP contribution < -0.4 is 0 Å². The quantitative estimate of drug-likeness (QED) is 0.423. The molecule has 2 nitrogen and oxygen atoms in total. The van der Waals surface area contributed by atoms with Gasteiger partial charge in [0.25, 0.3) is 0 Å². The van der Waals surface area contributed by atoms with E-state index in [9.17, 15) is 0 Å². The zero-order chi connectivity index (χ0) is 9.23. The highest BCUT2D eigenvalue weighted by molar-refractivity contribution is 6.45. The zero-order valence-electron chi connectivity index (χ0n) is 7.37. The van der Waals surface area contributed by atoms with E-state index in [0.717, 1.165) is 6.04 Å². The van der Waals surface area contributed by atoms with E-state index in [2.05, 4.69) is 19.7 Å². The summed E-state index contributed by atoms with van der Waals surface area (Å²) in [7, 11) is -1.53. The van der Waals surface area contributed by atoms with Gasteiger partial charge in [0.1, 0.15) is 0 Å². The lowest BCUT2D eigenvalue weighted by Crippen LogP contribution is -2.22. The van der Waals surface area contributed by atoms with Gasteiger partial charge in [0.15, 0.2) is 0 Å². The van der Waals surface area contributed by atoms with Crippen LogP contribution in [0.3, 0.4) is 0 Å². The Labute approximate surface area is 76.0 Å². The van der Waals surface area contributed by atoms with Gasteiger partial charge in [0.2, 0.25) is 0 Å². The molecule has 0 aliphatic rings. The minimum absolute atomic E-state index is 0.557. The summed E-state index contributed by atoms with van der Waals surface area (Å²) in [5.41, 5.74) is 0. The highest BCUT2D eigenvalue weighted by Gasteiger charge is 2.08. The van der Waals surface area contributed by atoms with E-state index in [1.54, 1.807) is 12.2 Å².